The summed E-state index contributed by atoms with van der Waals surface area (Å²) >= 11 is 0. The molecule has 0 aromatic heterocycles. The van der Waals surface area contributed by atoms with Crippen LogP contribution in [0.4, 0.5) is 0 Å². The molecule has 1 unspecified atom stereocenters. The Labute approximate surface area is 171 Å². The van der Waals surface area contributed by atoms with Gasteiger partial charge in [0.05, 0.1) is 5.41 Å². The first-order chi connectivity index (χ1) is 14.2. The largest absolute Gasteiger partial charge is 0.379 e. The lowest BCUT2D eigenvalue weighted by Gasteiger charge is -2.41. The molecule has 0 bridgehead atoms. The number of aliphatic hydroxyl groups is 1. The van der Waals surface area contributed by atoms with E-state index >= 15 is 0 Å². The van der Waals surface area contributed by atoms with Gasteiger partial charge < -0.3 is 5.11 Å². The van der Waals surface area contributed by atoms with E-state index in [1.54, 1.807) is 0 Å². The predicted molar refractivity (Wildman–Crippen MR) is 116 cm³/mol. The number of carbonyl (C=O) groups excluding carboxylic acids is 1. The zero-order chi connectivity index (χ0) is 19.9. The molecule has 0 saturated heterocycles. The Kier molecular flexibility index (Phi) is 4.25. The fourth-order valence-corrected chi connectivity index (χ4v) is 5.44. The van der Waals surface area contributed by atoms with Crippen molar-refractivity contribution in [1.82, 2.24) is 0 Å². The second-order valence-corrected chi connectivity index (χ2v) is 8.18. The van der Waals surface area contributed by atoms with Crippen LogP contribution < -0.4 is 0 Å². The molecule has 1 saturated carbocycles. The third kappa shape index (κ3) is 2.49. The number of rotatable bonds is 3. The maximum atomic E-state index is 14.1. The Hall–Kier alpha value is -2.97. The molecule has 5 rings (SSSR count). The average molecular weight is 380 g/mol. The highest BCUT2D eigenvalue weighted by Gasteiger charge is 2.65. The highest BCUT2D eigenvalue weighted by atomic mass is 16.3. The summed E-state index contributed by atoms with van der Waals surface area (Å²) in [5.41, 5.74) is 1.89. The molecule has 0 amide bonds. The van der Waals surface area contributed by atoms with Gasteiger partial charge in [-0.15, -0.1) is 0 Å². The van der Waals surface area contributed by atoms with E-state index in [2.05, 4.69) is 0 Å². The van der Waals surface area contributed by atoms with E-state index in [9.17, 15) is 9.90 Å². The normalized spacial score (nSPS) is 23.1. The van der Waals surface area contributed by atoms with Gasteiger partial charge in [0, 0.05) is 11.1 Å². The van der Waals surface area contributed by atoms with Crippen molar-refractivity contribution >= 4 is 16.9 Å². The average Bonchev–Trinajstić information content (AvgIpc) is 3.36. The molecule has 2 aliphatic carbocycles. The maximum absolute atomic E-state index is 14.1. The van der Waals surface area contributed by atoms with Crippen molar-refractivity contribution in [2.75, 3.05) is 0 Å². The van der Waals surface area contributed by atoms with Crippen LogP contribution in [0.1, 0.15) is 42.4 Å². The highest BCUT2D eigenvalue weighted by Crippen LogP contribution is 2.65. The van der Waals surface area contributed by atoms with Gasteiger partial charge in [-0.3, -0.25) is 4.79 Å². The summed E-state index contributed by atoms with van der Waals surface area (Å²) in [5, 5.41) is 12.5. The molecular formula is C27H24O2. The summed E-state index contributed by atoms with van der Waals surface area (Å²) in [6.07, 6.45) is 3.35. The van der Waals surface area contributed by atoms with E-state index < -0.39 is 11.0 Å². The topological polar surface area (TPSA) is 37.3 Å². The number of hydrogen-bond acceptors (Lipinski definition) is 2. The van der Waals surface area contributed by atoms with E-state index in [4.69, 9.17) is 0 Å². The summed E-state index contributed by atoms with van der Waals surface area (Å²) in [7, 11) is 0. The van der Waals surface area contributed by atoms with Gasteiger partial charge in [-0.1, -0.05) is 104 Å². The molecule has 2 heteroatoms. The van der Waals surface area contributed by atoms with Crippen LogP contribution in [0.15, 0.2) is 91.0 Å². The monoisotopic (exact) mass is 380 g/mol. The SMILES string of the molecule is O=C1C(c2ccccc2)=C(c2ccccc2)C(O)(c2ccccc2)C12CCCC2. The quantitative estimate of drug-likeness (QED) is 0.639. The zero-order valence-corrected chi connectivity index (χ0v) is 16.3. The van der Waals surface area contributed by atoms with Crippen LogP contribution in [0.2, 0.25) is 0 Å². The summed E-state index contributed by atoms with van der Waals surface area (Å²) in [6, 6.07) is 29.5. The molecule has 0 heterocycles. The molecule has 3 aromatic carbocycles. The Morgan fingerprint density at radius 1 is 0.655 bits per heavy atom. The Morgan fingerprint density at radius 3 is 1.69 bits per heavy atom. The lowest BCUT2D eigenvalue weighted by atomic mass is 9.65. The lowest BCUT2D eigenvalue weighted by Crippen LogP contribution is -2.45. The number of hydrogen-bond donors (Lipinski definition) is 1. The lowest BCUT2D eigenvalue weighted by molar-refractivity contribution is -0.133. The molecule has 144 valence electrons. The van der Waals surface area contributed by atoms with Crippen molar-refractivity contribution in [3.05, 3.63) is 108 Å². The van der Waals surface area contributed by atoms with Crippen LogP contribution in [0.3, 0.4) is 0 Å². The minimum absolute atomic E-state index is 0.0893. The van der Waals surface area contributed by atoms with Crippen molar-refractivity contribution in [2.24, 2.45) is 5.41 Å². The van der Waals surface area contributed by atoms with Gasteiger partial charge >= 0.3 is 0 Å². The van der Waals surface area contributed by atoms with Crippen LogP contribution in [-0.2, 0) is 10.4 Å². The van der Waals surface area contributed by atoms with Gasteiger partial charge in [0.25, 0.3) is 0 Å². The molecule has 0 radical (unpaired) electrons. The summed E-state index contributed by atoms with van der Waals surface area (Å²) in [6.45, 7) is 0. The van der Waals surface area contributed by atoms with E-state index in [-0.39, 0.29) is 5.78 Å². The highest BCUT2D eigenvalue weighted by molar-refractivity contribution is 6.35. The Bertz CT molecular complexity index is 1060. The Balaban J connectivity index is 1.88. The van der Waals surface area contributed by atoms with Gasteiger partial charge in [-0.25, -0.2) is 0 Å². The first-order valence-corrected chi connectivity index (χ1v) is 10.4. The maximum Gasteiger partial charge on any atom is 0.173 e. The first kappa shape index (κ1) is 18.1. The van der Waals surface area contributed by atoms with Crippen LogP contribution in [-0.4, -0.2) is 10.9 Å². The molecule has 3 aromatic rings. The van der Waals surface area contributed by atoms with Gasteiger partial charge in [0.15, 0.2) is 5.78 Å². The van der Waals surface area contributed by atoms with Gasteiger partial charge in [-0.2, -0.15) is 0 Å². The summed E-state index contributed by atoms with van der Waals surface area (Å²) in [5.74, 6) is 0.0893. The van der Waals surface area contributed by atoms with Crippen LogP contribution in [0, 0.1) is 5.41 Å². The molecule has 29 heavy (non-hydrogen) atoms. The van der Waals surface area contributed by atoms with Gasteiger partial charge in [0.1, 0.15) is 5.60 Å². The molecule has 2 aliphatic rings. The van der Waals surface area contributed by atoms with E-state index in [0.29, 0.717) is 18.4 Å². The van der Waals surface area contributed by atoms with Crippen molar-refractivity contribution in [1.29, 1.82) is 0 Å². The number of benzene rings is 3. The van der Waals surface area contributed by atoms with Gasteiger partial charge in [-0.05, 0) is 29.5 Å². The predicted octanol–water partition coefficient (Wildman–Crippen LogP) is 5.63. The van der Waals surface area contributed by atoms with Crippen molar-refractivity contribution < 1.29 is 9.90 Å². The van der Waals surface area contributed by atoms with E-state index in [1.807, 2.05) is 91.0 Å². The van der Waals surface area contributed by atoms with Gasteiger partial charge in [0.2, 0.25) is 0 Å². The molecule has 0 aliphatic heterocycles. The number of ketones is 1. The fraction of sp³-hybridized carbons (Fsp3) is 0.222. The molecule has 2 nitrogen and oxygen atoms in total. The number of Topliss-reactive ketones (excluding diaryl/α,β-unsaturated/α-hetero) is 1. The second-order valence-electron chi connectivity index (χ2n) is 8.18. The first-order valence-electron chi connectivity index (χ1n) is 10.4. The fourth-order valence-electron chi connectivity index (χ4n) is 5.44. The van der Waals surface area contributed by atoms with Crippen LogP contribution >= 0.6 is 0 Å². The van der Waals surface area contributed by atoms with E-state index in [0.717, 1.165) is 35.1 Å². The zero-order valence-electron chi connectivity index (χ0n) is 16.3. The van der Waals surface area contributed by atoms with Crippen molar-refractivity contribution in [3.63, 3.8) is 0 Å². The number of allylic oxidation sites excluding steroid dienone is 1. The number of carbonyl (C=O) groups is 1. The molecule has 1 N–H and O–H groups in total. The molecule has 1 atom stereocenters. The second kappa shape index (κ2) is 6.82. The summed E-state index contributed by atoms with van der Waals surface area (Å²) in [4.78, 5) is 14.1. The summed E-state index contributed by atoms with van der Waals surface area (Å²) < 4.78 is 0. The standard InChI is InChI=1S/C27H24O2/c28-25-23(20-12-4-1-5-13-20)24(21-14-6-2-7-15-21)27(29,22-16-8-3-9-17-22)26(25)18-10-11-19-26/h1-9,12-17,29H,10-11,18-19H2. The van der Waals surface area contributed by atoms with Crippen LogP contribution in [0.25, 0.3) is 11.1 Å². The third-order valence-corrected chi connectivity index (χ3v) is 6.74. The van der Waals surface area contributed by atoms with E-state index in [1.165, 1.54) is 0 Å². The van der Waals surface area contributed by atoms with Crippen LogP contribution in [0.5, 0.6) is 0 Å². The molecular weight excluding hydrogens is 356 g/mol. The Morgan fingerprint density at radius 2 is 1.14 bits per heavy atom. The minimum atomic E-state index is -1.34. The molecule has 1 spiro atoms. The minimum Gasteiger partial charge on any atom is -0.379 e. The van der Waals surface area contributed by atoms with Crippen molar-refractivity contribution in [3.8, 4) is 0 Å². The molecule has 1 fully saturated rings. The third-order valence-electron chi connectivity index (χ3n) is 6.74. The smallest absolute Gasteiger partial charge is 0.173 e. The van der Waals surface area contributed by atoms with Crippen molar-refractivity contribution in [2.45, 2.75) is 31.3 Å².